The van der Waals surface area contributed by atoms with Gasteiger partial charge in [-0.1, -0.05) is 36.9 Å². The Bertz CT molecular complexity index is 488. The van der Waals surface area contributed by atoms with E-state index in [2.05, 4.69) is 6.58 Å². The number of hydrogen-bond acceptors (Lipinski definition) is 4. The fourth-order valence-corrected chi connectivity index (χ4v) is 1.46. The predicted octanol–water partition coefficient (Wildman–Crippen LogP) is 2.78. The molecule has 0 amide bonds. The number of esters is 1. The van der Waals surface area contributed by atoms with Gasteiger partial charge in [-0.25, -0.2) is 4.79 Å². The van der Waals surface area contributed by atoms with Crippen LogP contribution in [0.1, 0.15) is 31.1 Å². The van der Waals surface area contributed by atoms with Gasteiger partial charge in [-0.3, -0.25) is 4.79 Å². The molecule has 0 saturated heterocycles. The van der Waals surface area contributed by atoms with Crippen molar-refractivity contribution in [1.82, 2.24) is 0 Å². The highest BCUT2D eigenvalue weighted by Crippen LogP contribution is 2.12. The van der Waals surface area contributed by atoms with E-state index in [1.807, 2.05) is 6.07 Å². The summed E-state index contributed by atoms with van der Waals surface area (Å²) in [6, 6.07) is 8.91. The molecular formula is C16H20O4. The molecule has 0 aliphatic heterocycles. The average molecular weight is 276 g/mol. The Morgan fingerprint density at radius 1 is 1.20 bits per heavy atom. The lowest BCUT2D eigenvalue weighted by Gasteiger charge is -2.24. The van der Waals surface area contributed by atoms with E-state index in [9.17, 15) is 9.59 Å². The lowest BCUT2D eigenvalue weighted by molar-refractivity contribution is -0.156. The number of ether oxygens (including phenoxy) is 2. The van der Waals surface area contributed by atoms with Crippen LogP contribution in [0.4, 0.5) is 0 Å². The molecule has 0 aliphatic rings. The fraction of sp³-hybridized carbons (Fsp3) is 0.375. The third-order valence-electron chi connectivity index (χ3n) is 2.50. The van der Waals surface area contributed by atoms with Crippen molar-refractivity contribution in [3.8, 4) is 0 Å². The zero-order valence-corrected chi connectivity index (χ0v) is 12.1. The Morgan fingerprint density at radius 2 is 1.80 bits per heavy atom. The van der Waals surface area contributed by atoms with Crippen LogP contribution in [0.3, 0.4) is 0 Å². The molecule has 1 aromatic rings. The van der Waals surface area contributed by atoms with E-state index in [0.29, 0.717) is 11.1 Å². The van der Waals surface area contributed by atoms with E-state index in [1.54, 1.807) is 45.0 Å². The summed E-state index contributed by atoms with van der Waals surface area (Å²) < 4.78 is 10.6. The molecule has 0 saturated carbocycles. The second-order valence-corrected chi connectivity index (χ2v) is 5.21. The molecule has 0 unspecified atom stereocenters. The van der Waals surface area contributed by atoms with Gasteiger partial charge in [0.15, 0.2) is 5.78 Å². The monoisotopic (exact) mass is 276 g/mol. The van der Waals surface area contributed by atoms with Crippen LogP contribution in [0.25, 0.3) is 0 Å². The van der Waals surface area contributed by atoms with E-state index in [4.69, 9.17) is 9.47 Å². The molecule has 0 aromatic heterocycles. The summed E-state index contributed by atoms with van der Waals surface area (Å²) in [7, 11) is 0. The Kier molecular flexibility index (Phi) is 5.65. The van der Waals surface area contributed by atoms with Crippen LogP contribution in [0.15, 0.2) is 42.5 Å². The van der Waals surface area contributed by atoms with Crippen molar-refractivity contribution in [3.05, 3.63) is 48.0 Å². The highest BCUT2D eigenvalue weighted by Gasteiger charge is 2.24. The van der Waals surface area contributed by atoms with E-state index in [0.717, 1.165) is 0 Å². The summed E-state index contributed by atoms with van der Waals surface area (Å²) in [5, 5.41) is 0. The quantitative estimate of drug-likeness (QED) is 0.436. The normalized spacial score (nSPS) is 10.9. The maximum Gasteiger partial charge on any atom is 0.333 e. The molecule has 1 aromatic carbocycles. The second-order valence-electron chi connectivity index (χ2n) is 5.21. The summed E-state index contributed by atoms with van der Waals surface area (Å²) in [4.78, 5) is 23.2. The van der Waals surface area contributed by atoms with Crippen LogP contribution < -0.4 is 0 Å². The SMILES string of the molecule is C=C(C)C(=O)OC(C)(C)COCC(=O)c1ccccc1. The van der Waals surface area contributed by atoms with Gasteiger partial charge in [0.2, 0.25) is 0 Å². The molecule has 0 atom stereocenters. The Morgan fingerprint density at radius 3 is 2.35 bits per heavy atom. The van der Waals surface area contributed by atoms with Crippen LogP contribution >= 0.6 is 0 Å². The zero-order valence-electron chi connectivity index (χ0n) is 12.1. The van der Waals surface area contributed by atoms with E-state index in [-0.39, 0.29) is 19.0 Å². The highest BCUT2D eigenvalue weighted by atomic mass is 16.6. The minimum atomic E-state index is -0.799. The maximum absolute atomic E-state index is 11.8. The zero-order chi connectivity index (χ0) is 15.2. The number of Topliss-reactive ketones (excluding diaryl/α,β-unsaturated/α-hetero) is 1. The Balaban J connectivity index is 2.41. The summed E-state index contributed by atoms with van der Waals surface area (Å²) >= 11 is 0. The largest absolute Gasteiger partial charge is 0.454 e. The minimum Gasteiger partial charge on any atom is -0.454 e. The average Bonchev–Trinajstić information content (AvgIpc) is 2.38. The first-order valence-electron chi connectivity index (χ1n) is 6.37. The number of ketones is 1. The van der Waals surface area contributed by atoms with Gasteiger partial charge < -0.3 is 9.47 Å². The summed E-state index contributed by atoms with van der Waals surface area (Å²) in [6.45, 7) is 8.65. The lowest BCUT2D eigenvalue weighted by Crippen LogP contribution is -2.34. The smallest absolute Gasteiger partial charge is 0.333 e. The van der Waals surface area contributed by atoms with Crippen molar-refractivity contribution < 1.29 is 19.1 Å². The van der Waals surface area contributed by atoms with Crippen molar-refractivity contribution >= 4 is 11.8 Å². The first-order chi connectivity index (χ1) is 9.32. The van der Waals surface area contributed by atoms with Crippen molar-refractivity contribution in [2.24, 2.45) is 0 Å². The van der Waals surface area contributed by atoms with Gasteiger partial charge in [-0.2, -0.15) is 0 Å². The molecule has 0 fully saturated rings. The van der Waals surface area contributed by atoms with Gasteiger partial charge in [0.05, 0.1) is 6.61 Å². The molecule has 0 radical (unpaired) electrons. The molecule has 4 nitrogen and oxygen atoms in total. The molecule has 1 rings (SSSR count). The molecule has 0 N–H and O–H groups in total. The molecule has 0 spiro atoms. The lowest BCUT2D eigenvalue weighted by atomic mass is 10.1. The minimum absolute atomic E-state index is 0.0436. The Hall–Kier alpha value is -1.94. The summed E-state index contributed by atoms with van der Waals surface area (Å²) in [5.74, 6) is -0.569. The van der Waals surface area contributed by atoms with Gasteiger partial charge in [0.1, 0.15) is 12.2 Å². The van der Waals surface area contributed by atoms with E-state index < -0.39 is 11.6 Å². The molecule has 0 bridgehead atoms. The highest BCUT2D eigenvalue weighted by molar-refractivity contribution is 5.97. The molecule has 0 heterocycles. The van der Waals surface area contributed by atoms with Crippen LogP contribution in [-0.2, 0) is 14.3 Å². The number of rotatable bonds is 7. The van der Waals surface area contributed by atoms with Crippen molar-refractivity contribution in [3.63, 3.8) is 0 Å². The standard InChI is InChI=1S/C16H20O4/c1-12(2)15(18)20-16(3,4)11-19-10-14(17)13-8-6-5-7-9-13/h5-9H,1,10-11H2,2-4H3. The van der Waals surface area contributed by atoms with Crippen molar-refractivity contribution in [1.29, 1.82) is 0 Å². The molecule has 108 valence electrons. The van der Waals surface area contributed by atoms with Crippen LogP contribution in [0, 0.1) is 0 Å². The first kappa shape index (κ1) is 16.1. The first-order valence-corrected chi connectivity index (χ1v) is 6.37. The van der Waals surface area contributed by atoms with Crippen LogP contribution in [-0.4, -0.2) is 30.6 Å². The predicted molar refractivity (Wildman–Crippen MR) is 76.6 cm³/mol. The van der Waals surface area contributed by atoms with E-state index >= 15 is 0 Å². The van der Waals surface area contributed by atoms with Gasteiger partial charge in [-0.15, -0.1) is 0 Å². The Labute approximate surface area is 119 Å². The fourth-order valence-electron chi connectivity index (χ4n) is 1.46. The van der Waals surface area contributed by atoms with E-state index in [1.165, 1.54) is 0 Å². The van der Waals surface area contributed by atoms with Gasteiger partial charge in [0, 0.05) is 11.1 Å². The van der Waals surface area contributed by atoms with Crippen LogP contribution in [0.5, 0.6) is 0 Å². The van der Waals surface area contributed by atoms with Crippen molar-refractivity contribution in [2.45, 2.75) is 26.4 Å². The number of carbonyl (C=O) groups is 2. The topological polar surface area (TPSA) is 52.6 Å². The summed E-state index contributed by atoms with van der Waals surface area (Å²) in [5.41, 5.74) is 0.134. The number of carbonyl (C=O) groups excluding carboxylic acids is 2. The second kappa shape index (κ2) is 7.01. The van der Waals surface area contributed by atoms with Crippen LogP contribution in [0.2, 0.25) is 0 Å². The third-order valence-corrected chi connectivity index (χ3v) is 2.50. The van der Waals surface area contributed by atoms with Gasteiger partial charge >= 0.3 is 5.97 Å². The number of hydrogen-bond donors (Lipinski definition) is 0. The molecule has 4 heteroatoms. The summed E-state index contributed by atoms with van der Waals surface area (Å²) in [6.07, 6.45) is 0. The van der Waals surface area contributed by atoms with Gasteiger partial charge in [0.25, 0.3) is 0 Å². The number of benzene rings is 1. The molecule has 0 aliphatic carbocycles. The van der Waals surface area contributed by atoms with Gasteiger partial charge in [-0.05, 0) is 20.8 Å². The third kappa shape index (κ3) is 5.36. The van der Waals surface area contributed by atoms with Crippen molar-refractivity contribution in [2.75, 3.05) is 13.2 Å². The molecular weight excluding hydrogens is 256 g/mol. The maximum atomic E-state index is 11.8. The molecule has 20 heavy (non-hydrogen) atoms.